The summed E-state index contributed by atoms with van der Waals surface area (Å²) >= 11 is 0. The first-order valence-electron chi connectivity index (χ1n) is 6.45. The molecule has 2 N–H and O–H groups in total. The summed E-state index contributed by atoms with van der Waals surface area (Å²) in [7, 11) is 1.64. The molecule has 0 radical (unpaired) electrons. The minimum atomic E-state index is -0.280. The smallest absolute Gasteiger partial charge is 0.161 e. The van der Waals surface area contributed by atoms with E-state index in [2.05, 4.69) is 17.0 Å². The zero-order valence-corrected chi connectivity index (χ0v) is 11.6. The first kappa shape index (κ1) is 13.5. The van der Waals surface area contributed by atoms with Gasteiger partial charge in [-0.15, -0.1) is 0 Å². The van der Waals surface area contributed by atoms with Crippen LogP contribution < -0.4 is 10.5 Å². The number of methoxy groups -OCH3 is 1. The van der Waals surface area contributed by atoms with E-state index < -0.39 is 0 Å². The van der Waals surface area contributed by atoms with Gasteiger partial charge < -0.3 is 10.5 Å². The van der Waals surface area contributed by atoms with Crippen molar-refractivity contribution >= 4 is 0 Å². The lowest BCUT2D eigenvalue weighted by Gasteiger charge is -2.17. The maximum absolute atomic E-state index is 6.39. The molecule has 0 amide bonds. The fourth-order valence-corrected chi connectivity index (χ4v) is 2.21. The first-order chi connectivity index (χ1) is 9.19. The maximum atomic E-state index is 6.39. The molecule has 0 aliphatic rings. The molecule has 0 aliphatic heterocycles. The fraction of sp³-hybridized carbons (Fsp3) is 0.429. The van der Waals surface area contributed by atoms with E-state index in [0.29, 0.717) is 0 Å². The molecule has 0 aliphatic carbocycles. The standard InChI is InChI=1S/C14H20N4O/c1-4-8-18-14(12(19-3)9-17-18)13(15)11-6-5-7-16-10(11)2/h5-7,9,13H,4,8,15H2,1-3H3. The van der Waals surface area contributed by atoms with Gasteiger partial charge in [0.25, 0.3) is 0 Å². The lowest BCUT2D eigenvalue weighted by molar-refractivity contribution is 0.404. The Hall–Kier alpha value is -1.88. The molecule has 1 atom stereocenters. The maximum Gasteiger partial charge on any atom is 0.161 e. The largest absolute Gasteiger partial charge is 0.493 e. The number of aryl methyl sites for hydroxylation is 2. The Morgan fingerprint density at radius 2 is 2.26 bits per heavy atom. The predicted molar refractivity (Wildman–Crippen MR) is 74.1 cm³/mol. The third-order valence-electron chi connectivity index (χ3n) is 3.18. The Kier molecular flexibility index (Phi) is 4.16. The van der Waals surface area contributed by atoms with Crippen molar-refractivity contribution in [3.63, 3.8) is 0 Å². The lowest BCUT2D eigenvalue weighted by atomic mass is 10.0. The average molecular weight is 260 g/mol. The molecule has 2 aromatic rings. The Labute approximate surface area is 113 Å². The molecule has 5 nitrogen and oxygen atoms in total. The van der Waals surface area contributed by atoms with Crippen molar-refractivity contribution in [3.05, 3.63) is 41.5 Å². The Morgan fingerprint density at radius 1 is 1.47 bits per heavy atom. The summed E-state index contributed by atoms with van der Waals surface area (Å²) in [5, 5.41) is 4.34. The van der Waals surface area contributed by atoms with Crippen LogP contribution in [0.15, 0.2) is 24.5 Å². The van der Waals surface area contributed by atoms with Gasteiger partial charge in [-0.1, -0.05) is 13.0 Å². The molecule has 2 heterocycles. The van der Waals surface area contributed by atoms with Crippen molar-refractivity contribution < 1.29 is 4.74 Å². The second-order valence-electron chi connectivity index (χ2n) is 4.48. The predicted octanol–water partition coefficient (Wildman–Crippen LogP) is 2.05. The second kappa shape index (κ2) is 5.84. The zero-order chi connectivity index (χ0) is 13.8. The molecule has 2 aromatic heterocycles. The van der Waals surface area contributed by atoms with E-state index in [1.165, 1.54) is 0 Å². The van der Waals surface area contributed by atoms with E-state index >= 15 is 0 Å². The monoisotopic (exact) mass is 260 g/mol. The molecule has 0 saturated carbocycles. The Balaban J connectivity index is 2.45. The van der Waals surface area contributed by atoms with Gasteiger partial charge in [-0.05, 0) is 25.0 Å². The third kappa shape index (κ3) is 2.61. The first-order valence-corrected chi connectivity index (χ1v) is 6.45. The molecule has 0 aromatic carbocycles. The minimum Gasteiger partial charge on any atom is -0.493 e. The van der Waals surface area contributed by atoms with Gasteiger partial charge in [0.2, 0.25) is 0 Å². The van der Waals surface area contributed by atoms with Crippen LogP contribution >= 0.6 is 0 Å². The van der Waals surface area contributed by atoms with Gasteiger partial charge in [-0.2, -0.15) is 5.10 Å². The van der Waals surface area contributed by atoms with E-state index in [-0.39, 0.29) is 6.04 Å². The van der Waals surface area contributed by atoms with Crippen LogP contribution in [-0.4, -0.2) is 21.9 Å². The molecule has 19 heavy (non-hydrogen) atoms. The van der Waals surface area contributed by atoms with Crippen LogP contribution in [0.3, 0.4) is 0 Å². The van der Waals surface area contributed by atoms with Gasteiger partial charge >= 0.3 is 0 Å². The number of hydrogen-bond acceptors (Lipinski definition) is 4. The summed E-state index contributed by atoms with van der Waals surface area (Å²) < 4.78 is 7.28. The van der Waals surface area contributed by atoms with Gasteiger partial charge in [0.05, 0.1) is 19.3 Å². The Bertz CT molecular complexity index is 550. The molecule has 0 fully saturated rings. The van der Waals surface area contributed by atoms with Crippen LogP contribution in [0, 0.1) is 6.92 Å². The highest BCUT2D eigenvalue weighted by atomic mass is 16.5. The van der Waals surface area contributed by atoms with E-state index in [0.717, 1.165) is 35.7 Å². The quantitative estimate of drug-likeness (QED) is 0.893. The Morgan fingerprint density at radius 3 is 2.89 bits per heavy atom. The highest BCUT2D eigenvalue weighted by Gasteiger charge is 2.21. The van der Waals surface area contributed by atoms with Crippen LogP contribution in [0.25, 0.3) is 0 Å². The van der Waals surface area contributed by atoms with Crippen molar-refractivity contribution in [2.24, 2.45) is 5.73 Å². The van der Waals surface area contributed by atoms with Gasteiger partial charge in [0, 0.05) is 18.4 Å². The highest BCUT2D eigenvalue weighted by molar-refractivity contribution is 5.37. The molecule has 0 saturated heterocycles. The van der Waals surface area contributed by atoms with E-state index in [9.17, 15) is 0 Å². The SMILES string of the molecule is CCCn1ncc(OC)c1C(N)c1cccnc1C. The number of hydrogen-bond donors (Lipinski definition) is 1. The van der Waals surface area contributed by atoms with Gasteiger partial charge in [0.1, 0.15) is 5.69 Å². The van der Waals surface area contributed by atoms with Crippen molar-refractivity contribution in [2.75, 3.05) is 7.11 Å². The zero-order valence-electron chi connectivity index (χ0n) is 11.6. The minimum absolute atomic E-state index is 0.280. The van der Waals surface area contributed by atoms with Crippen LogP contribution in [0.2, 0.25) is 0 Å². The van der Waals surface area contributed by atoms with E-state index in [1.807, 2.05) is 23.7 Å². The normalized spacial score (nSPS) is 12.4. The lowest BCUT2D eigenvalue weighted by Crippen LogP contribution is -2.19. The number of nitrogens with zero attached hydrogens (tertiary/aromatic N) is 3. The number of rotatable bonds is 5. The summed E-state index contributed by atoms with van der Waals surface area (Å²) in [6, 6.07) is 3.61. The van der Waals surface area contributed by atoms with Crippen LogP contribution in [0.1, 0.15) is 36.3 Å². The molecule has 2 rings (SSSR count). The van der Waals surface area contributed by atoms with Crippen LogP contribution in [0.5, 0.6) is 5.75 Å². The van der Waals surface area contributed by atoms with Gasteiger partial charge in [-0.25, -0.2) is 0 Å². The summed E-state index contributed by atoms with van der Waals surface area (Å²) in [6.07, 6.45) is 4.49. The topological polar surface area (TPSA) is 66.0 Å². The van der Waals surface area contributed by atoms with Crippen molar-refractivity contribution in [1.29, 1.82) is 0 Å². The van der Waals surface area contributed by atoms with Crippen molar-refractivity contribution in [3.8, 4) is 5.75 Å². The van der Waals surface area contributed by atoms with Crippen molar-refractivity contribution in [1.82, 2.24) is 14.8 Å². The molecule has 0 spiro atoms. The molecule has 0 bridgehead atoms. The van der Waals surface area contributed by atoms with E-state index in [1.54, 1.807) is 19.5 Å². The second-order valence-corrected chi connectivity index (χ2v) is 4.48. The summed E-state index contributed by atoms with van der Waals surface area (Å²) in [4.78, 5) is 4.29. The van der Waals surface area contributed by atoms with Crippen molar-refractivity contribution in [2.45, 2.75) is 32.9 Å². The average Bonchev–Trinajstić information content (AvgIpc) is 2.82. The van der Waals surface area contributed by atoms with Gasteiger partial charge in [-0.3, -0.25) is 9.67 Å². The van der Waals surface area contributed by atoms with Gasteiger partial charge in [0.15, 0.2) is 5.75 Å². The molecule has 5 heteroatoms. The van der Waals surface area contributed by atoms with E-state index in [4.69, 9.17) is 10.5 Å². The molecular formula is C14H20N4O. The summed E-state index contributed by atoms with van der Waals surface area (Å²) in [6.45, 7) is 4.90. The van der Waals surface area contributed by atoms with Crippen LogP contribution in [-0.2, 0) is 6.54 Å². The summed E-state index contributed by atoms with van der Waals surface area (Å²) in [5.41, 5.74) is 9.22. The fourth-order valence-electron chi connectivity index (χ4n) is 2.21. The number of nitrogens with two attached hydrogens (primary N) is 1. The highest BCUT2D eigenvalue weighted by Crippen LogP contribution is 2.29. The molecular weight excluding hydrogens is 240 g/mol. The van der Waals surface area contributed by atoms with Crippen LogP contribution in [0.4, 0.5) is 0 Å². The third-order valence-corrected chi connectivity index (χ3v) is 3.18. The summed E-state index contributed by atoms with van der Waals surface area (Å²) in [5.74, 6) is 0.726. The number of aromatic nitrogens is 3. The number of pyridine rings is 1. The molecule has 1 unspecified atom stereocenters. The number of ether oxygens (including phenoxy) is 1. The molecule has 102 valence electrons.